The van der Waals surface area contributed by atoms with Crippen molar-refractivity contribution in [2.24, 2.45) is 17.8 Å². The zero-order valence-corrected chi connectivity index (χ0v) is 71.3. The summed E-state index contributed by atoms with van der Waals surface area (Å²) in [7, 11) is 0. The quantitative estimate of drug-likeness (QED) is 0.0406. The molecule has 114 heavy (non-hydrogen) atoms. The second-order valence-corrected chi connectivity index (χ2v) is 36.7. The summed E-state index contributed by atoms with van der Waals surface area (Å²) in [5.41, 5.74) is -10.8. The van der Waals surface area contributed by atoms with E-state index >= 15 is 0 Å². The Bertz CT molecular complexity index is 3530. The molecule has 0 aromatic rings. The molecule has 34 heteroatoms. The number of nitrogens with one attached hydrogen (secondary N) is 13. The van der Waals surface area contributed by atoms with Crippen molar-refractivity contribution in [1.82, 2.24) is 93.6 Å². The van der Waals surface area contributed by atoms with Crippen LogP contribution in [0.2, 0.25) is 0 Å². The van der Waals surface area contributed by atoms with Crippen molar-refractivity contribution in [3.05, 3.63) is 0 Å². The van der Waals surface area contributed by atoms with Gasteiger partial charge in [-0.2, -0.15) is 0 Å². The van der Waals surface area contributed by atoms with Gasteiger partial charge in [0.2, 0.25) is 94.5 Å². The highest BCUT2D eigenvalue weighted by molar-refractivity contribution is 6.03. The molecule has 13 N–H and O–H groups in total. The predicted molar refractivity (Wildman–Crippen MR) is 426 cm³/mol. The lowest BCUT2D eigenvalue weighted by Crippen LogP contribution is -2.67. The molecule has 0 aromatic heterocycles. The molecule has 5 saturated heterocycles. The molecule has 7 atom stereocenters. The van der Waals surface area contributed by atoms with Crippen LogP contribution in [0, 0.1) is 17.8 Å². The maximum atomic E-state index is 14.4. The number of hydrogen-bond acceptors (Lipinski definition) is 18. The molecule has 6 aliphatic rings. The highest BCUT2D eigenvalue weighted by Gasteiger charge is 2.54. The molecule has 1 unspecified atom stereocenters. The van der Waals surface area contributed by atoms with Crippen molar-refractivity contribution in [3.8, 4) is 0 Å². The third kappa shape index (κ3) is 26.5. The van der Waals surface area contributed by atoms with Gasteiger partial charge in [-0.3, -0.25) is 86.5 Å². The first-order chi connectivity index (χ1) is 52.9. The first kappa shape index (κ1) is 94.3. The van der Waals surface area contributed by atoms with Gasteiger partial charge in [-0.1, -0.05) is 41.5 Å². The normalized spacial score (nSPS) is 20.5. The maximum Gasteiger partial charge on any atom is 0.248 e. The van der Waals surface area contributed by atoms with Crippen molar-refractivity contribution >= 4 is 94.5 Å². The standard InChI is InChI=1S/C80H136N18O16/c1-48(2)42-52(47-95-38-27-37-94-36-26-31-61(94)95)84-68(109)75(10,11)88-63(104)54(44-50(5)6)85-59(101)45-83-67(108)74(8,9)89-65(106)56-29-22-25-41-98(56)73(114)79(18,19)93-71(112)80(33-34-80)87-60(102)46-82-58(100)32-35-81-62(103)53(43-49(3)4)86-69(110)76(12,13)92-70(111)77(14,15)90-66(107)57-30-21-24-40-97(57)72(113)78(16,17)91-64(105)55-28-20-23-39-96(55)51(7)99/h48-50,52-57,61H,20-47H2,1-19H3,(H,81,103)(H,82,100)(H,83,108)(H,84,109)(H,85,101)(H,86,110)(H,87,102)(H,88,104)(H,89,106)(H,90,107)(H,91,105)(H,92,111)(H,93,112)/t52-,53-,54-,55-,56-,57+,61?/m0/s1. The van der Waals surface area contributed by atoms with Crippen LogP contribution < -0.4 is 69.1 Å². The number of amides is 16. The van der Waals surface area contributed by atoms with Crippen molar-refractivity contribution in [3.63, 3.8) is 0 Å². The van der Waals surface area contributed by atoms with Gasteiger partial charge in [-0.05, 0) is 217 Å². The molecule has 0 radical (unpaired) electrons. The van der Waals surface area contributed by atoms with E-state index in [0.29, 0.717) is 57.3 Å². The number of fused-ring (bicyclic) bond motifs is 1. The fourth-order valence-corrected chi connectivity index (χ4v) is 15.6. The van der Waals surface area contributed by atoms with Crippen LogP contribution in [0.3, 0.4) is 0 Å². The molecule has 1 saturated carbocycles. The Balaban J connectivity index is 0.927. The molecule has 0 aromatic carbocycles. The van der Waals surface area contributed by atoms with E-state index in [1.165, 1.54) is 77.0 Å². The Morgan fingerprint density at radius 2 is 0.842 bits per heavy atom. The molecule has 34 nitrogen and oxygen atoms in total. The van der Waals surface area contributed by atoms with E-state index in [1.54, 1.807) is 27.7 Å². The summed E-state index contributed by atoms with van der Waals surface area (Å²) in [5.74, 6) is -9.49. The van der Waals surface area contributed by atoms with Crippen LogP contribution in [0.5, 0.6) is 0 Å². The minimum absolute atomic E-state index is 0.0548. The van der Waals surface area contributed by atoms with Crippen LogP contribution >= 0.6 is 0 Å². The van der Waals surface area contributed by atoms with Crippen LogP contribution in [-0.4, -0.2) is 266 Å². The fraction of sp³-hybridized carbons (Fsp3) is 0.800. The smallest absolute Gasteiger partial charge is 0.248 e. The highest BCUT2D eigenvalue weighted by Crippen LogP contribution is 2.37. The monoisotopic (exact) mass is 1610 g/mol. The van der Waals surface area contributed by atoms with Gasteiger partial charge in [-0.25, -0.2) is 0 Å². The zero-order chi connectivity index (χ0) is 85.4. The third-order valence-corrected chi connectivity index (χ3v) is 22.2. The summed E-state index contributed by atoms with van der Waals surface area (Å²) in [6.45, 7) is 34.2. The van der Waals surface area contributed by atoms with Gasteiger partial charge < -0.3 is 83.8 Å². The van der Waals surface area contributed by atoms with Crippen LogP contribution in [0.15, 0.2) is 0 Å². The Morgan fingerprint density at radius 1 is 0.395 bits per heavy atom. The van der Waals surface area contributed by atoms with Crippen molar-refractivity contribution in [1.29, 1.82) is 0 Å². The highest BCUT2D eigenvalue weighted by atomic mass is 16.2. The lowest BCUT2D eigenvalue weighted by molar-refractivity contribution is -0.150. The van der Waals surface area contributed by atoms with E-state index in [-0.39, 0.29) is 94.3 Å². The van der Waals surface area contributed by atoms with E-state index in [0.717, 1.165) is 58.2 Å². The number of hydrogen-bond donors (Lipinski definition) is 13. The number of likely N-dealkylation sites (tertiary alicyclic amines) is 3. The largest absolute Gasteiger partial charge is 0.354 e. The Kier molecular flexibility index (Phi) is 33.0. The topological polar surface area (TPSA) is 446 Å². The molecule has 0 spiro atoms. The molecule has 642 valence electrons. The molecule has 0 bridgehead atoms. The van der Waals surface area contributed by atoms with Gasteiger partial charge in [0.25, 0.3) is 0 Å². The summed E-state index contributed by atoms with van der Waals surface area (Å²) in [6, 6.07) is -5.14. The molecule has 6 fully saturated rings. The minimum atomic E-state index is -1.66. The molecule has 1 aliphatic carbocycles. The number of carbonyl (C=O) groups excluding carboxylic acids is 16. The Hall–Kier alpha value is -8.56. The van der Waals surface area contributed by atoms with E-state index in [4.69, 9.17) is 0 Å². The van der Waals surface area contributed by atoms with Crippen molar-refractivity contribution in [2.75, 3.05) is 65.4 Å². The summed E-state index contributed by atoms with van der Waals surface area (Å²) in [4.78, 5) is 229. The van der Waals surface area contributed by atoms with Gasteiger partial charge in [0, 0.05) is 65.2 Å². The van der Waals surface area contributed by atoms with Crippen LogP contribution in [0.4, 0.5) is 0 Å². The second-order valence-electron chi connectivity index (χ2n) is 36.7. The minimum Gasteiger partial charge on any atom is -0.354 e. The summed E-state index contributed by atoms with van der Waals surface area (Å²) >= 11 is 0. The number of carbonyl (C=O) groups is 16. The maximum absolute atomic E-state index is 14.4. The van der Waals surface area contributed by atoms with Crippen LogP contribution in [-0.2, 0) is 76.7 Å². The Morgan fingerprint density at radius 3 is 1.36 bits per heavy atom. The third-order valence-electron chi connectivity index (χ3n) is 22.2. The van der Waals surface area contributed by atoms with Gasteiger partial charge in [-0.15, -0.1) is 0 Å². The number of piperidine rings is 3. The molecular weight excluding hydrogens is 1470 g/mol. The number of rotatable bonds is 37. The van der Waals surface area contributed by atoms with E-state index in [1.807, 2.05) is 27.7 Å². The molecule has 5 aliphatic heterocycles. The summed E-state index contributed by atoms with van der Waals surface area (Å²) < 4.78 is 0. The van der Waals surface area contributed by atoms with E-state index < -0.39 is 165 Å². The zero-order valence-electron chi connectivity index (χ0n) is 71.3. The second kappa shape index (κ2) is 39.9. The SMILES string of the molecule is CC(=O)N1CCCC[C@H]1C(=O)NC(C)(C)C(=O)N1CCCC[C@@H]1C(=O)NC(C)(C)C(=O)NC(C)(C)C(=O)N[C@@H](CC(C)C)C(=O)NCCC(=O)NCC(=O)NC1(C(=O)NC(C)(C)C(=O)N2CCCC[C@H]2C(=O)NC(C)(C)C(=O)NCC(=O)N[C@@H](CC(C)C)C(=O)NC(C)(C)C(=O)N[C@@H](CC(C)C)CN2CCCN3CCCC32)CC1. The molecule has 5 heterocycles. The average molecular weight is 1610 g/mol. The van der Waals surface area contributed by atoms with E-state index in [9.17, 15) is 76.7 Å². The predicted octanol–water partition coefficient (Wildman–Crippen LogP) is 0.626. The Labute approximate surface area is 673 Å². The van der Waals surface area contributed by atoms with Crippen molar-refractivity contribution in [2.45, 2.75) is 328 Å². The van der Waals surface area contributed by atoms with Crippen molar-refractivity contribution < 1.29 is 76.7 Å². The summed E-state index contributed by atoms with van der Waals surface area (Å²) in [5, 5.41) is 35.6. The van der Waals surface area contributed by atoms with Gasteiger partial charge in [0.15, 0.2) is 0 Å². The molecule has 6 rings (SSSR count). The van der Waals surface area contributed by atoms with E-state index in [2.05, 4.69) is 92.8 Å². The fourth-order valence-electron chi connectivity index (χ4n) is 15.6. The van der Waals surface area contributed by atoms with Gasteiger partial charge in [0.05, 0.1) is 19.3 Å². The molecule has 16 amide bonds. The van der Waals surface area contributed by atoms with Crippen LogP contribution in [0.25, 0.3) is 0 Å². The average Bonchev–Trinajstić information content (AvgIpc) is 1.56. The van der Waals surface area contributed by atoms with Gasteiger partial charge >= 0.3 is 0 Å². The first-order valence-corrected chi connectivity index (χ1v) is 41.3. The lowest BCUT2D eigenvalue weighted by Gasteiger charge is -2.42. The summed E-state index contributed by atoms with van der Waals surface area (Å²) in [6.07, 6.45) is 9.66. The van der Waals surface area contributed by atoms with Gasteiger partial charge in [0.1, 0.15) is 69.0 Å². The first-order valence-electron chi connectivity index (χ1n) is 41.3. The lowest BCUT2D eigenvalue weighted by atomic mass is 9.93. The molecular formula is C80H136N18O16. The number of nitrogens with zero attached hydrogens (tertiary/aromatic N) is 5. The van der Waals surface area contributed by atoms with Crippen LogP contribution in [0.1, 0.15) is 247 Å².